The van der Waals surface area contributed by atoms with Crippen molar-refractivity contribution >= 4 is 17.7 Å². The zero-order valence-electron chi connectivity index (χ0n) is 9.15. The second-order valence-electron chi connectivity index (χ2n) is 4.49. The van der Waals surface area contributed by atoms with E-state index in [4.69, 9.17) is 5.73 Å². The topological polar surface area (TPSA) is 46.3 Å². The first kappa shape index (κ1) is 11.3. The molecule has 2 atom stereocenters. The highest BCUT2D eigenvalue weighted by atomic mass is 32.2. The lowest BCUT2D eigenvalue weighted by Gasteiger charge is -2.25. The molecule has 2 fully saturated rings. The maximum atomic E-state index is 12.2. The molecule has 0 radical (unpaired) electrons. The Morgan fingerprint density at radius 3 is 2.80 bits per heavy atom. The van der Waals surface area contributed by atoms with Crippen molar-refractivity contribution in [2.24, 2.45) is 11.7 Å². The van der Waals surface area contributed by atoms with Crippen LogP contribution >= 0.6 is 11.8 Å². The lowest BCUT2D eigenvalue weighted by Crippen LogP contribution is -2.42. The van der Waals surface area contributed by atoms with E-state index in [0.29, 0.717) is 5.91 Å². The average molecular weight is 228 g/mol. The smallest absolute Gasteiger partial charge is 0.227 e. The van der Waals surface area contributed by atoms with Crippen molar-refractivity contribution in [2.45, 2.75) is 31.7 Å². The maximum Gasteiger partial charge on any atom is 0.227 e. The first-order valence-corrected chi connectivity index (χ1v) is 7.06. The summed E-state index contributed by atoms with van der Waals surface area (Å²) in [6, 6.07) is 0.119. The van der Waals surface area contributed by atoms with E-state index in [1.807, 2.05) is 16.7 Å². The fourth-order valence-corrected chi connectivity index (χ4v) is 3.38. The van der Waals surface area contributed by atoms with Gasteiger partial charge >= 0.3 is 0 Å². The third-order valence-electron chi connectivity index (χ3n) is 3.42. The molecule has 0 spiro atoms. The van der Waals surface area contributed by atoms with Crippen LogP contribution in [0.15, 0.2) is 0 Å². The van der Waals surface area contributed by atoms with Gasteiger partial charge in [0.05, 0.1) is 5.92 Å². The molecule has 86 valence electrons. The van der Waals surface area contributed by atoms with Gasteiger partial charge in [-0.2, -0.15) is 11.8 Å². The van der Waals surface area contributed by atoms with Crippen molar-refractivity contribution in [3.63, 3.8) is 0 Å². The number of carbonyl (C=O) groups is 1. The molecule has 0 aromatic rings. The van der Waals surface area contributed by atoms with E-state index in [1.165, 1.54) is 5.75 Å². The Hall–Kier alpha value is -0.220. The minimum Gasteiger partial charge on any atom is -0.342 e. The fraction of sp³-hybridized carbons (Fsp3) is 0.909. The van der Waals surface area contributed by atoms with Gasteiger partial charge in [0, 0.05) is 24.9 Å². The van der Waals surface area contributed by atoms with Gasteiger partial charge < -0.3 is 10.6 Å². The summed E-state index contributed by atoms with van der Waals surface area (Å²) in [7, 11) is 0. The summed E-state index contributed by atoms with van der Waals surface area (Å²) in [4.78, 5) is 14.2. The zero-order valence-corrected chi connectivity index (χ0v) is 9.97. The van der Waals surface area contributed by atoms with Gasteiger partial charge in [0.1, 0.15) is 0 Å². The van der Waals surface area contributed by atoms with Crippen LogP contribution in [0.2, 0.25) is 0 Å². The van der Waals surface area contributed by atoms with E-state index in [0.717, 1.165) is 44.5 Å². The fourth-order valence-electron chi connectivity index (χ4n) is 2.50. The third kappa shape index (κ3) is 2.67. The molecule has 1 aliphatic carbocycles. The van der Waals surface area contributed by atoms with Crippen LogP contribution in [-0.2, 0) is 4.79 Å². The minimum absolute atomic E-state index is 0.119. The number of nitrogens with two attached hydrogens (primary N) is 1. The predicted molar refractivity (Wildman–Crippen MR) is 63.8 cm³/mol. The summed E-state index contributed by atoms with van der Waals surface area (Å²) >= 11 is 1.96. The predicted octanol–water partition coefficient (Wildman–Crippen LogP) is 1.08. The van der Waals surface area contributed by atoms with Crippen molar-refractivity contribution < 1.29 is 4.79 Å². The number of thioether (sulfide) groups is 1. The molecule has 2 rings (SSSR count). The number of amides is 1. The highest BCUT2D eigenvalue weighted by molar-refractivity contribution is 7.99. The van der Waals surface area contributed by atoms with Gasteiger partial charge in [-0.05, 0) is 25.0 Å². The summed E-state index contributed by atoms with van der Waals surface area (Å²) in [6.07, 6.45) is 4.29. The normalized spacial score (nSPS) is 32.7. The first-order valence-electron chi connectivity index (χ1n) is 5.91. The molecular weight excluding hydrogens is 208 g/mol. The lowest BCUT2D eigenvalue weighted by atomic mass is 10.0. The number of rotatable bonds is 1. The second kappa shape index (κ2) is 5.21. The maximum absolute atomic E-state index is 12.2. The molecule has 1 heterocycles. The summed E-state index contributed by atoms with van der Waals surface area (Å²) in [6.45, 7) is 1.86. The molecule has 1 aliphatic heterocycles. The second-order valence-corrected chi connectivity index (χ2v) is 5.72. The molecule has 2 aliphatic rings. The zero-order chi connectivity index (χ0) is 10.7. The van der Waals surface area contributed by atoms with Crippen molar-refractivity contribution in [3.05, 3.63) is 0 Å². The number of nitrogens with zero attached hydrogens (tertiary/aromatic N) is 1. The molecule has 0 aromatic carbocycles. The van der Waals surface area contributed by atoms with Crippen molar-refractivity contribution in [1.82, 2.24) is 4.90 Å². The molecule has 1 saturated carbocycles. The Balaban J connectivity index is 1.93. The number of hydrogen-bond acceptors (Lipinski definition) is 3. The van der Waals surface area contributed by atoms with Gasteiger partial charge in [-0.25, -0.2) is 0 Å². The van der Waals surface area contributed by atoms with Crippen LogP contribution in [0, 0.1) is 5.92 Å². The third-order valence-corrected chi connectivity index (χ3v) is 4.47. The SMILES string of the molecule is NC1CCCC1C(=O)N1CCCSCC1. The summed E-state index contributed by atoms with van der Waals surface area (Å²) in [5.41, 5.74) is 5.97. The van der Waals surface area contributed by atoms with Crippen LogP contribution in [0.1, 0.15) is 25.7 Å². The van der Waals surface area contributed by atoms with E-state index >= 15 is 0 Å². The molecule has 15 heavy (non-hydrogen) atoms. The van der Waals surface area contributed by atoms with Crippen LogP contribution in [0.4, 0.5) is 0 Å². The van der Waals surface area contributed by atoms with Crippen LogP contribution < -0.4 is 5.73 Å². The molecule has 1 saturated heterocycles. The quantitative estimate of drug-likeness (QED) is 0.730. The molecule has 0 aromatic heterocycles. The molecular formula is C11H20N2OS. The van der Waals surface area contributed by atoms with E-state index in [2.05, 4.69) is 0 Å². The summed E-state index contributed by atoms with van der Waals surface area (Å²) < 4.78 is 0. The minimum atomic E-state index is 0.119. The van der Waals surface area contributed by atoms with Crippen LogP contribution in [0.25, 0.3) is 0 Å². The first-order chi connectivity index (χ1) is 7.29. The van der Waals surface area contributed by atoms with Gasteiger partial charge in [-0.3, -0.25) is 4.79 Å². The molecule has 0 bridgehead atoms. The summed E-state index contributed by atoms with van der Waals surface area (Å²) in [5, 5.41) is 0. The van der Waals surface area contributed by atoms with Gasteiger partial charge in [0.2, 0.25) is 5.91 Å². The van der Waals surface area contributed by atoms with Crippen molar-refractivity contribution in [1.29, 1.82) is 0 Å². The standard InChI is InChI=1S/C11H20N2OS/c12-10-4-1-3-9(10)11(14)13-5-2-7-15-8-6-13/h9-10H,1-8,12H2. The molecule has 2 unspecified atom stereocenters. The van der Waals surface area contributed by atoms with Crippen molar-refractivity contribution in [2.75, 3.05) is 24.6 Å². The van der Waals surface area contributed by atoms with Crippen LogP contribution in [0.5, 0.6) is 0 Å². The highest BCUT2D eigenvalue weighted by Gasteiger charge is 2.33. The Labute approximate surface area is 95.8 Å². The van der Waals surface area contributed by atoms with E-state index < -0.39 is 0 Å². The Morgan fingerprint density at radius 1 is 1.20 bits per heavy atom. The molecule has 1 amide bonds. The Kier molecular flexibility index (Phi) is 3.92. The molecule has 2 N–H and O–H groups in total. The van der Waals surface area contributed by atoms with E-state index in [-0.39, 0.29) is 12.0 Å². The van der Waals surface area contributed by atoms with Gasteiger partial charge in [0.25, 0.3) is 0 Å². The highest BCUT2D eigenvalue weighted by Crippen LogP contribution is 2.26. The van der Waals surface area contributed by atoms with Gasteiger partial charge in [-0.15, -0.1) is 0 Å². The Bertz CT molecular complexity index is 227. The Morgan fingerprint density at radius 2 is 2.07 bits per heavy atom. The molecule has 4 heteroatoms. The number of carbonyl (C=O) groups excluding carboxylic acids is 1. The van der Waals surface area contributed by atoms with Crippen LogP contribution in [0.3, 0.4) is 0 Å². The largest absolute Gasteiger partial charge is 0.342 e. The van der Waals surface area contributed by atoms with Crippen LogP contribution in [-0.4, -0.2) is 41.4 Å². The summed E-state index contributed by atoms with van der Waals surface area (Å²) in [5.74, 6) is 2.73. The molecule has 3 nitrogen and oxygen atoms in total. The average Bonchev–Trinajstić information content (AvgIpc) is 2.53. The van der Waals surface area contributed by atoms with Gasteiger partial charge in [0.15, 0.2) is 0 Å². The monoisotopic (exact) mass is 228 g/mol. The lowest BCUT2D eigenvalue weighted by molar-refractivity contribution is -0.135. The van der Waals surface area contributed by atoms with Gasteiger partial charge in [-0.1, -0.05) is 6.42 Å². The van der Waals surface area contributed by atoms with E-state index in [9.17, 15) is 4.79 Å². The van der Waals surface area contributed by atoms with E-state index in [1.54, 1.807) is 0 Å². The van der Waals surface area contributed by atoms with Crippen molar-refractivity contribution in [3.8, 4) is 0 Å². The number of hydrogen-bond donors (Lipinski definition) is 1.